The maximum Gasteiger partial charge on any atom is 0.123 e. The van der Waals surface area contributed by atoms with Crippen molar-refractivity contribution in [3.63, 3.8) is 0 Å². The topological polar surface area (TPSA) is 91.5 Å². The van der Waals surface area contributed by atoms with Crippen molar-refractivity contribution < 1.29 is 4.39 Å². The molecule has 2 N–H and O–H groups in total. The maximum atomic E-state index is 13.8. The summed E-state index contributed by atoms with van der Waals surface area (Å²) in [5, 5.41) is 26.8. The summed E-state index contributed by atoms with van der Waals surface area (Å²) in [5.41, 5.74) is 3.99. The van der Waals surface area contributed by atoms with Crippen LogP contribution in [-0.2, 0) is 5.54 Å². The SMILES string of the molecule is CC(C)(C)CNc1c(C#N)cnc2c(N[C@@H](c3ccc(F)cc3)c3cn(C4(C)CC4)nn3)cc(Cl)cc12. The number of nitrogens with zero attached hydrogens (tertiary/aromatic N) is 5. The van der Waals surface area contributed by atoms with Crippen LogP contribution in [0.5, 0.6) is 0 Å². The second kappa shape index (κ2) is 9.31. The molecule has 1 atom stereocenters. The number of benzene rings is 2. The van der Waals surface area contributed by atoms with Crippen molar-refractivity contribution in [1.82, 2.24) is 20.0 Å². The van der Waals surface area contributed by atoms with Crippen molar-refractivity contribution in [2.24, 2.45) is 5.41 Å². The molecule has 4 aromatic rings. The van der Waals surface area contributed by atoms with E-state index in [1.165, 1.54) is 12.1 Å². The molecule has 9 heteroatoms. The summed E-state index contributed by atoms with van der Waals surface area (Å²) >= 11 is 6.59. The van der Waals surface area contributed by atoms with Gasteiger partial charge in [-0.25, -0.2) is 9.07 Å². The summed E-state index contributed by atoms with van der Waals surface area (Å²) in [6, 6.07) is 11.8. The van der Waals surface area contributed by atoms with Gasteiger partial charge in [-0.3, -0.25) is 4.98 Å². The van der Waals surface area contributed by atoms with Crippen molar-refractivity contribution in [2.45, 2.75) is 52.1 Å². The molecule has 1 fully saturated rings. The molecule has 2 aromatic carbocycles. The third kappa shape index (κ3) is 5.23. The second-order valence-corrected chi connectivity index (χ2v) is 11.6. The lowest BCUT2D eigenvalue weighted by atomic mass is 9.96. The lowest BCUT2D eigenvalue weighted by Gasteiger charge is -2.23. The first-order chi connectivity index (χ1) is 17.6. The van der Waals surface area contributed by atoms with E-state index in [9.17, 15) is 9.65 Å². The Morgan fingerprint density at radius 1 is 1.22 bits per heavy atom. The van der Waals surface area contributed by atoms with Crippen molar-refractivity contribution in [3.05, 3.63) is 76.5 Å². The predicted molar refractivity (Wildman–Crippen MR) is 144 cm³/mol. The predicted octanol–water partition coefficient (Wildman–Crippen LogP) is 6.66. The van der Waals surface area contributed by atoms with E-state index < -0.39 is 6.04 Å². The molecule has 1 aliphatic carbocycles. The van der Waals surface area contributed by atoms with E-state index in [1.54, 1.807) is 24.4 Å². The third-order valence-corrected chi connectivity index (χ3v) is 6.91. The van der Waals surface area contributed by atoms with E-state index in [4.69, 9.17) is 11.6 Å². The normalized spacial score (nSPS) is 15.3. The quantitative estimate of drug-likeness (QED) is 0.285. The standard InChI is InChI=1S/C28H29ClFN7/c1-27(2,3)16-33-24-18(13-31)14-32-26-21(24)11-19(29)12-22(26)34-25(17-5-7-20(30)8-6-17)23-15-37(36-35-23)28(4)9-10-28/h5-8,11-12,14-15,25,34H,9-10,16H2,1-4H3,(H,32,33)/t25-/m0/s1. The summed E-state index contributed by atoms with van der Waals surface area (Å²) in [6.45, 7) is 9.18. The van der Waals surface area contributed by atoms with Gasteiger partial charge in [0.05, 0.1) is 40.2 Å². The fourth-order valence-electron chi connectivity index (χ4n) is 4.23. The van der Waals surface area contributed by atoms with Crippen molar-refractivity contribution in [2.75, 3.05) is 17.2 Å². The van der Waals surface area contributed by atoms with Gasteiger partial charge in [0.2, 0.25) is 0 Å². The van der Waals surface area contributed by atoms with Crippen LogP contribution in [-0.4, -0.2) is 26.5 Å². The lowest BCUT2D eigenvalue weighted by molar-refractivity contribution is 0.443. The van der Waals surface area contributed by atoms with Crippen molar-refractivity contribution >= 4 is 33.9 Å². The van der Waals surface area contributed by atoms with Gasteiger partial charge in [0, 0.05) is 23.2 Å². The molecule has 0 saturated heterocycles. The number of fused-ring (bicyclic) bond motifs is 1. The molecule has 190 valence electrons. The highest BCUT2D eigenvalue weighted by Crippen LogP contribution is 2.43. The van der Waals surface area contributed by atoms with E-state index in [0.29, 0.717) is 39.7 Å². The van der Waals surface area contributed by atoms with Crippen LogP contribution in [0.25, 0.3) is 10.9 Å². The summed E-state index contributed by atoms with van der Waals surface area (Å²) < 4.78 is 15.7. The van der Waals surface area contributed by atoms with Gasteiger partial charge in [0.25, 0.3) is 0 Å². The van der Waals surface area contributed by atoms with Crippen LogP contribution in [0.15, 0.2) is 48.8 Å². The number of nitriles is 1. The zero-order valence-corrected chi connectivity index (χ0v) is 22.1. The number of rotatable bonds is 7. The van der Waals surface area contributed by atoms with Gasteiger partial charge in [-0.1, -0.05) is 49.7 Å². The molecule has 0 radical (unpaired) electrons. The molecule has 2 aromatic heterocycles. The van der Waals surface area contributed by atoms with Crippen LogP contribution in [0.4, 0.5) is 15.8 Å². The van der Waals surface area contributed by atoms with E-state index in [2.05, 4.69) is 59.7 Å². The van der Waals surface area contributed by atoms with E-state index in [0.717, 1.165) is 23.8 Å². The van der Waals surface area contributed by atoms with E-state index in [-0.39, 0.29) is 16.8 Å². The smallest absolute Gasteiger partial charge is 0.123 e. The van der Waals surface area contributed by atoms with Crippen LogP contribution in [0.3, 0.4) is 0 Å². The average molecular weight is 518 g/mol. The Hall–Kier alpha value is -3.70. The minimum absolute atomic E-state index is 0.000321. The number of hydrogen-bond acceptors (Lipinski definition) is 6. The number of halogens is 2. The highest BCUT2D eigenvalue weighted by Gasteiger charge is 2.41. The minimum Gasteiger partial charge on any atom is -0.383 e. The molecule has 0 bridgehead atoms. The third-order valence-electron chi connectivity index (χ3n) is 6.69. The fraction of sp³-hybridized carbons (Fsp3) is 0.357. The van der Waals surface area contributed by atoms with Crippen LogP contribution in [0.1, 0.15) is 63.4 Å². The molecule has 5 rings (SSSR count). The molecule has 0 spiro atoms. The average Bonchev–Trinajstić information content (AvgIpc) is 3.40. The Balaban J connectivity index is 1.60. The maximum absolute atomic E-state index is 13.8. The van der Waals surface area contributed by atoms with Crippen LogP contribution >= 0.6 is 11.6 Å². The summed E-state index contributed by atoms with van der Waals surface area (Å²) in [7, 11) is 0. The van der Waals surface area contributed by atoms with Gasteiger partial charge < -0.3 is 10.6 Å². The first-order valence-corrected chi connectivity index (χ1v) is 12.7. The van der Waals surface area contributed by atoms with Gasteiger partial charge in [0.15, 0.2) is 0 Å². The molecule has 37 heavy (non-hydrogen) atoms. The molecule has 2 heterocycles. The van der Waals surface area contributed by atoms with Gasteiger partial charge in [-0.2, -0.15) is 5.26 Å². The lowest BCUT2D eigenvalue weighted by Crippen LogP contribution is -2.20. The number of hydrogen-bond donors (Lipinski definition) is 2. The van der Waals surface area contributed by atoms with E-state index >= 15 is 0 Å². The zero-order valence-electron chi connectivity index (χ0n) is 21.3. The Labute approximate surface area is 220 Å². The number of nitrogens with one attached hydrogen (secondary N) is 2. The molecule has 0 unspecified atom stereocenters. The Morgan fingerprint density at radius 2 is 1.95 bits per heavy atom. The minimum atomic E-state index is -0.429. The van der Waals surface area contributed by atoms with E-state index in [1.807, 2.05) is 16.9 Å². The second-order valence-electron chi connectivity index (χ2n) is 11.1. The number of pyridine rings is 1. The van der Waals surface area contributed by atoms with Crippen LogP contribution < -0.4 is 10.6 Å². The summed E-state index contributed by atoms with van der Waals surface area (Å²) in [6.07, 6.45) is 5.62. The van der Waals surface area contributed by atoms with Gasteiger partial charge in [-0.15, -0.1) is 5.10 Å². The Bertz CT molecular complexity index is 1490. The van der Waals surface area contributed by atoms with Gasteiger partial charge in [0.1, 0.15) is 17.6 Å². The number of anilines is 2. The molecule has 0 aliphatic heterocycles. The molecular formula is C28H29ClFN7. The van der Waals surface area contributed by atoms with Crippen LogP contribution in [0, 0.1) is 22.6 Å². The highest BCUT2D eigenvalue weighted by molar-refractivity contribution is 6.32. The summed E-state index contributed by atoms with van der Waals surface area (Å²) in [5.74, 6) is -0.315. The number of aromatic nitrogens is 4. The Morgan fingerprint density at radius 3 is 2.59 bits per heavy atom. The zero-order chi connectivity index (χ0) is 26.4. The highest BCUT2D eigenvalue weighted by atomic mass is 35.5. The Kier molecular flexibility index (Phi) is 6.28. The summed E-state index contributed by atoms with van der Waals surface area (Å²) in [4.78, 5) is 4.62. The fourth-order valence-corrected chi connectivity index (χ4v) is 4.45. The van der Waals surface area contributed by atoms with Gasteiger partial charge in [-0.05, 0) is 55.0 Å². The van der Waals surface area contributed by atoms with Crippen molar-refractivity contribution in [3.8, 4) is 6.07 Å². The monoisotopic (exact) mass is 517 g/mol. The molecule has 1 saturated carbocycles. The first-order valence-electron chi connectivity index (χ1n) is 12.3. The van der Waals surface area contributed by atoms with Gasteiger partial charge >= 0.3 is 0 Å². The van der Waals surface area contributed by atoms with Crippen LogP contribution in [0.2, 0.25) is 5.02 Å². The first kappa shape index (κ1) is 25.0. The molecule has 7 nitrogen and oxygen atoms in total. The molecular weight excluding hydrogens is 489 g/mol. The molecule has 1 aliphatic rings. The largest absolute Gasteiger partial charge is 0.383 e. The molecule has 0 amide bonds. The van der Waals surface area contributed by atoms with Crippen molar-refractivity contribution in [1.29, 1.82) is 5.26 Å².